The van der Waals surface area contributed by atoms with Crippen molar-refractivity contribution >= 4 is 5.91 Å². The molecule has 0 heterocycles. The number of hydrogen-bond donors (Lipinski definition) is 3. The largest absolute Gasteiger partial charge is 0.394 e. The van der Waals surface area contributed by atoms with E-state index in [1.807, 2.05) is 6.08 Å². The van der Waals surface area contributed by atoms with Crippen LogP contribution in [0.15, 0.2) is 36.5 Å². The molecule has 0 bridgehead atoms. The minimum absolute atomic E-state index is 0.0878. The van der Waals surface area contributed by atoms with Crippen LogP contribution < -0.4 is 5.32 Å². The zero-order valence-corrected chi connectivity index (χ0v) is 34.4. The maximum atomic E-state index is 12.2. The fourth-order valence-corrected chi connectivity index (χ4v) is 6.86. The number of aliphatic hydroxyl groups is 2. The van der Waals surface area contributed by atoms with Crippen molar-refractivity contribution in [3.05, 3.63) is 36.5 Å². The zero-order valence-electron chi connectivity index (χ0n) is 34.4. The zero-order chi connectivity index (χ0) is 37.1. The molecule has 2 unspecified atom stereocenters. The Morgan fingerprint density at radius 3 is 1.14 bits per heavy atom. The van der Waals surface area contributed by atoms with Crippen LogP contribution in [0, 0.1) is 0 Å². The molecule has 300 valence electrons. The van der Waals surface area contributed by atoms with Gasteiger partial charge in [0, 0.05) is 6.42 Å². The predicted molar refractivity (Wildman–Crippen MR) is 225 cm³/mol. The van der Waals surface area contributed by atoms with Gasteiger partial charge >= 0.3 is 0 Å². The fraction of sp³-hybridized carbons (Fsp3) is 0.851. The van der Waals surface area contributed by atoms with Gasteiger partial charge in [0.05, 0.1) is 18.8 Å². The lowest BCUT2D eigenvalue weighted by atomic mass is 10.0. The molecule has 0 aromatic heterocycles. The summed E-state index contributed by atoms with van der Waals surface area (Å²) in [6.45, 7) is 4.23. The predicted octanol–water partition coefficient (Wildman–Crippen LogP) is 14.2. The lowest BCUT2D eigenvalue weighted by Gasteiger charge is -2.19. The Labute approximate surface area is 319 Å². The summed E-state index contributed by atoms with van der Waals surface area (Å²) in [6.07, 6.45) is 57.4. The van der Waals surface area contributed by atoms with E-state index in [1.54, 1.807) is 6.08 Å². The molecule has 0 saturated heterocycles. The molecule has 0 radical (unpaired) electrons. The van der Waals surface area contributed by atoms with E-state index in [2.05, 4.69) is 43.5 Å². The highest BCUT2D eigenvalue weighted by molar-refractivity contribution is 5.76. The van der Waals surface area contributed by atoms with Crippen LogP contribution >= 0.6 is 0 Å². The van der Waals surface area contributed by atoms with Gasteiger partial charge in [-0.05, 0) is 44.9 Å². The lowest BCUT2D eigenvalue weighted by molar-refractivity contribution is -0.123. The minimum atomic E-state index is -0.865. The summed E-state index contributed by atoms with van der Waals surface area (Å²) >= 11 is 0. The quantitative estimate of drug-likeness (QED) is 0.0436. The van der Waals surface area contributed by atoms with Crippen LogP contribution in [-0.2, 0) is 4.79 Å². The third kappa shape index (κ3) is 39.6. The van der Waals surface area contributed by atoms with Gasteiger partial charge in [0.25, 0.3) is 0 Å². The number of allylic oxidation sites excluding steroid dienone is 5. The van der Waals surface area contributed by atoms with Crippen molar-refractivity contribution in [2.75, 3.05) is 6.61 Å². The molecule has 0 aliphatic rings. The first-order valence-corrected chi connectivity index (χ1v) is 22.7. The second kappa shape index (κ2) is 43.0. The number of hydrogen-bond acceptors (Lipinski definition) is 3. The van der Waals surface area contributed by atoms with Gasteiger partial charge in [0.15, 0.2) is 0 Å². The Bertz CT molecular complexity index is 775. The third-order valence-electron chi connectivity index (χ3n) is 10.4. The van der Waals surface area contributed by atoms with E-state index < -0.39 is 12.1 Å². The Kier molecular flexibility index (Phi) is 41.8. The summed E-state index contributed by atoms with van der Waals surface area (Å²) in [5.41, 5.74) is 0. The van der Waals surface area contributed by atoms with E-state index in [0.29, 0.717) is 6.42 Å². The minimum Gasteiger partial charge on any atom is -0.394 e. The first-order chi connectivity index (χ1) is 25.2. The summed E-state index contributed by atoms with van der Waals surface area (Å²) in [7, 11) is 0. The first kappa shape index (κ1) is 49.6. The highest BCUT2D eigenvalue weighted by atomic mass is 16.3. The number of aliphatic hydroxyl groups excluding tert-OH is 2. The second-order valence-corrected chi connectivity index (χ2v) is 15.5. The number of carbonyl (C=O) groups is 1. The van der Waals surface area contributed by atoms with Gasteiger partial charge in [0.2, 0.25) is 5.91 Å². The van der Waals surface area contributed by atoms with Gasteiger partial charge in [-0.25, -0.2) is 0 Å². The van der Waals surface area contributed by atoms with E-state index in [0.717, 1.165) is 38.5 Å². The second-order valence-electron chi connectivity index (χ2n) is 15.5. The normalized spacial score (nSPS) is 13.3. The van der Waals surface area contributed by atoms with Crippen molar-refractivity contribution in [2.24, 2.45) is 0 Å². The van der Waals surface area contributed by atoms with Crippen LogP contribution in [0.3, 0.4) is 0 Å². The van der Waals surface area contributed by atoms with E-state index in [1.165, 1.54) is 180 Å². The topological polar surface area (TPSA) is 69.6 Å². The molecule has 0 aromatic carbocycles. The monoisotopic (exact) mass is 716 g/mol. The SMILES string of the molecule is CCCCCCCCCCCCCCCCCCCCCCCCC/C=C/CC/C=C/CC/C=C/C(O)C(CO)NC(=O)CCCCCCCC. The van der Waals surface area contributed by atoms with Crippen molar-refractivity contribution in [1.82, 2.24) is 5.32 Å². The molecular weight excluding hydrogens is 627 g/mol. The van der Waals surface area contributed by atoms with Crippen LogP contribution in [0.1, 0.15) is 239 Å². The van der Waals surface area contributed by atoms with E-state index in [-0.39, 0.29) is 12.5 Å². The van der Waals surface area contributed by atoms with Crippen molar-refractivity contribution in [3.63, 3.8) is 0 Å². The van der Waals surface area contributed by atoms with Gasteiger partial charge in [-0.1, -0.05) is 224 Å². The summed E-state index contributed by atoms with van der Waals surface area (Å²) in [4.78, 5) is 12.2. The molecule has 3 N–H and O–H groups in total. The van der Waals surface area contributed by atoms with E-state index in [4.69, 9.17) is 0 Å². The number of unbranched alkanes of at least 4 members (excludes halogenated alkanes) is 30. The molecular formula is C47H89NO3. The highest BCUT2D eigenvalue weighted by Crippen LogP contribution is 2.16. The molecule has 0 rings (SSSR count). The standard InChI is InChI=1S/C47H89NO3/c1-3-5-7-9-11-12-13-14-15-16-17-18-19-20-21-22-23-24-25-26-27-28-29-30-31-32-33-34-35-36-37-38-40-42-46(50)45(44-49)48-47(51)43-41-39-10-8-6-4-2/h31-32,35-36,40,42,45-46,49-50H,3-30,33-34,37-39,41,43-44H2,1-2H3,(H,48,51)/b32-31+,36-35+,42-40+. The van der Waals surface area contributed by atoms with Crippen molar-refractivity contribution in [3.8, 4) is 0 Å². The van der Waals surface area contributed by atoms with Gasteiger partial charge in [-0.15, -0.1) is 0 Å². The van der Waals surface area contributed by atoms with Crippen molar-refractivity contribution in [2.45, 2.75) is 251 Å². The molecule has 51 heavy (non-hydrogen) atoms. The van der Waals surface area contributed by atoms with Crippen molar-refractivity contribution in [1.29, 1.82) is 0 Å². The number of amides is 1. The van der Waals surface area contributed by atoms with Gasteiger partial charge in [-0.3, -0.25) is 4.79 Å². The molecule has 0 saturated carbocycles. The Balaban J connectivity index is 3.45. The average Bonchev–Trinajstić information content (AvgIpc) is 3.13. The molecule has 0 spiro atoms. The molecule has 1 amide bonds. The number of carbonyl (C=O) groups excluding carboxylic acids is 1. The molecule has 4 heteroatoms. The summed E-state index contributed by atoms with van der Waals surface area (Å²) in [6, 6.07) is -0.639. The summed E-state index contributed by atoms with van der Waals surface area (Å²) in [5.74, 6) is -0.0878. The molecule has 0 aliphatic heterocycles. The fourth-order valence-electron chi connectivity index (χ4n) is 6.86. The Morgan fingerprint density at radius 1 is 0.451 bits per heavy atom. The molecule has 0 fully saturated rings. The lowest BCUT2D eigenvalue weighted by Crippen LogP contribution is -2.45. The molecule has 2 atom stereocenters. The van der Waals surface area contributed by atoms with Gasteiger partial charge in [-0.2, -0.15) is 0 Å². The van der Waals surface area contributed by atoms with Gasteiger partial charge < -0.3 is 15.5 Å². The van der Waals surface area contributed by atoms with Crippen molar-refractivity contribution < 1.29 is 15.0 Å². The van der Waals surface area contributed by atoms with E-state index in [9.17, 15) is 15.0 Å². The maximum Gasteiger partial charge on any atom is 0.220 e. The van der Waals surface area contributed by atoms with Gasteiger partial charge in [0.1, 0.15) is 0 Å². The van der Waals surface area contributed by atoms with E-state index >= 15 is 0 Å². The Morgan fingerprint density at radius 2 is 0.765 bits per heavy atom. The molecule has 0 aliphatic carbocycles. The number of rotatable bonds is 41. The van der Waals surface area contributed by atoms with Crippen LogP contribution in [0.25, 0.3) is 0 Å². The first-order valence-electron chi connectivity index (χ1n) is 22.7. The molecule has 0 aromatic rings. The number of nitrogens with one attached hydrogen (secondary N) is 1. The smallest absolute Gasteiger partial charge is 0.220 e. The van der Waals surface area contributed by atoms with Crippen LogP contribution in [-0.4, -0.2) is 34.9 Å². The summed E-state index contributed by atoms with van der Waals surface area (Å²) < 4.78 is 0. The molecule has 4 nitrogen and oxygen atoms in total. The summed E-state index contributed by atoms with van der Waals surface area (Å²) in [5, 5.41) is 22.7. The Hall–Kier alpha value is -1.39. The van der Waals surface area contributed by atoms with Crippen LogP contribution in [0.5, 0.6) is 0 Å². The van der Waals surface area contributed by atoms with Crippen LogP contribution in [0.4, 0.5) is 0 Å². The highest BCUT2D eigenvalue weighted by Gasteiger charge is 2.17. The average molecular weight is 716 g/mol. The third-order valence-corrected chi connectivity index (χ3v) is 10.4. The maximum absolute atomic E-state index is 12.2. The van der Waals surface area contributed by atoms with Crippen LogP contribution in [0.2, 0.25) is 0 Å².